The van der Waals surface area contributed by atoms with Crippen molar-refractivity contribution in [2.75, 3.05) is 14.7 Å². The maximum atomic E-state index is 12.2. The summed E-state index contributed by atoms with van der Waals surface area (Å²) in [5, 5.41) is 18.9. The van der Waals surface area contributed by atoms with Crippen LogP contribution in [0.4, 0.5) is 17.1 Å². The highest BCUT2D eigenvalue weighted by Gasteiger charge is 2.52. The molecule has 6 heterocycles. The number of rotatable bonds is 8. The Balaban J connectivity index is 0.000000122. The predicted octanol–water partition coefficient (Wildman–Crippen LogP) is 13.7. The van der Waals surface area contributed by atoms with Crippen molar-refractivity contribution in [3.05, 3.63) is 86.8 Å². The lowest BCUT2D eigenvalue weighted by atomic mass is 9.82. The average molecular weight is 1310 g/mol. The summed E-state index contributed by atoms with van der Waals surface area (Å²) >= 11 is 10.3. The molecule has 440 valence electrons. The van der Waals surface area contributed by atoms with Gasteiger partial charge in [-0.1, -0.05) is 15.9 Å². The Morgan fingerprint density at radius 3 is 1.45 bits per heavy atom. The molecular weight excluding hydrogens is 1230 g/mol. The van der Waals surface area contributed by atoms with Crippen molar-refractivity contribution in [2.45, 2.75) is 230 Å². The smallest absolute Gasteiger partial charge is 0.498 e. The lowest BCUT2D eigenvalue weighted by Gasteiger charge is -2.36. The molecule has 15 nitrogen and oxygen atoms in total. The highest BCUT2D eigenvalue weighted by Crippen LogP contribution is 2.48. The van der Waals surface area contributed by atoms with E-state index in [1.165, 1.54) is 49.7 Å². The predicted molar refractivity (Wildman–Crippen MR) is 334 cm³/mol. The first-order valence-electron chi connectivity index (χ1n) is 29.8. The molecule has 0 bridgehead atoms. The van der Waals surface area contributed by atoms with Crippen LogP contribution in [-0.4, -0.2) is 95.9 Å². The topological polar surface area (TPSA) is 154 Å². The second-order valence-corrected chi connectivity index (χ2v) is 27.9. The van der Waals surface area contributed by atoms with Crippen molar-refractivity contribution in [3.63, 3.8) is 0 Å². The summed E-state index contributed by atoms with van der Waals surface area (Å²) in [6.07, 6.45) is 26.6. The zero-order chi connectivity index (χ0) is 58.5. The number of aromatic nitrogens is 4. The second-order valence-electron chi connectivity index (χ2n) is 24.9. The van der Waals surface area contributed by atoms with Crippen LogP contribution in [0.15, 0.2) is 70.1 Å². The molecule has 2 aromatic heterocycles. The maximum absolute atomic E-state index is 12.2. The number of phenolic OH excluding ortho intramolecular Hbond substituents is 1. The molecule has 5 aliphatic carbocycles. The van der Waals surface area contributed by atoms with Gasteiger partial charge in [-0.2, -0.15) is 10.2 Å². The molecular formula is C63H81BBr3N7O8. The summed E-state index contributed by atoms with van der Waals surface area (Å²) < 4.78 is 30.2. The number of anilines is 3. The van der Waals surface area contributed by atoms with Crippen molar-refractivity contribution < 1.29 is 38.3 Å². The minimum atomic E-state index is -0.285. The van der Waals surface area contributed by atoms with E-state index in [0.29, 0.717) is 28.8 Å². The fourth-order valence-electron chi connectivity index (χ4n) is 11.1. The number of carbonyl (C=O) groups excluding carboxylic acids is 3. The molecule has 3 amide bonds. The van der Waals surface area contributed by atoms with Crippen LogP contribution >= 0.6 is 47.8 Å². The number of aromatic hydroxyl groups is 1. The van der Waals surface area contributed by atoms with E-state index in [4.69, 9.17) is 18.8 Å². The van der Waals surface area contributed by atoms with Gasteiger partial charge in [0.25, 0.3) is 0 Å². The summed E-state index contributed by atoms with van der Waals surface area (Å²) in [6.45, 7) is 19.4. The number of amides is 3. The Morgan fingerprint density at radius 1 is 0.573 bits per heavy atom. The number of alkyl halides is 1. The number of halogens is 3. The van der Waals surface area contributed by atoms with Crippen LogP contribution in [0.1, 0.15) is 181 Å². The normalized spacial score (nSPS) is 22.7. The first-order chi connectivity index (χ1) is 39.0. The zero-order valence-electron chi connectivity index (χ0n) is 49.4. The van der Waals surface area contributed by atoms with Crippen LogP contribution < -0.4 is 29.6 Å². The van der Waals surface area contributed by atoms with Crippen LogP contribution in [0, 0.1) is 0 Å². The van der Waals surface area contributed by atoms with Gasteiger partial charge in [-0.25, -0.2) is 0 Å². The fraction of sp³-hybridized carbons (Fsp3) is 0.571. The highest BCUT2D eigenvalue weighted by atomic mass is 79.9. The Bertz CT molecular complexity index is 3150. The van der Waals surface area contributed by atoms with E-state index in [0.717, 1.165) is 124 Å². The number of nitrogens with zero attached hydrogens (tertiary/aromatic N) is 7. The first-order valence-corrected chi connectivity index (χ1v) is 32.3. The average Bonchev–Trinajstić information content (AvgIpc) is 4.30. The minimum absolute atomic E-state index is 0.0233. The Morgan fingerprint density at radius 2 is 0.988 bits per heavy atom. The number of hydrogen-bond acceptors (Lipinski definition) is 10. The minimum Gasteiger partial charge on any atom is -0.506 e. The quantitative estimate of drug-likeness (QED) is 0.117. The van der Waals surface area contributed by atoms with Crippen LogP contribution in [0.3, 0.4) is 0 Å². The molecule has 0 unspecified atom stereocenters. The summed E-state index contributed by atoms with van der Waals surface area (Å²) in [7, 11) is -0.285. The Hall–Kier alpha value is -4.69. The SMILES string of the molecule is BrC1CC1.CC(=O)N1c2ccc(-c3cnn(C4CC4)c3)c(OC3CC3)c2CC[C@@H]1C.CC(=O)N1c2ccc(Br)c(O)c2CC[C@@H]1C.CC(=O)N1c2ccc(Br)c(OC3CC3)c2CC[C@@H]1C.CC1(C)OB(c2cnn(C3CC3)c2)OC1(C)C. The fourth-order valence-corrected chi connectivity index (χ4v) is 12.2. The molecule has 1 N–H and O–H groups in total. The third-order valence-corrected chi connectivity index (χ3v) is 19.4. The Kier molecular flexibility index (Phi) is 18.2. The molecule has 5 aromatic rings. The number of benzene rings is 3. The zero-order valence-corrected chi connectivity index (χ0v) is 54.1. The van der Waals surface area contributed by atoms with Crippen molar-refractivity contribution in [2.24, 2.45) is 0 Å². The van der Waals surface area contributed by atoms with Gasteiger partial charge in [0.2, 0.25) is 17.7 Å². The van der Waals surface area contributed by atoms with E-state index in [1.54, 1.807) is 31.7 Å². The molecule has 82 heavy (non-hydrogen) atoms. The molecule has 19 heteroatoms. The van der Waals surface area contributed by atoms with Crippen LogP contribution in [0.2, 0.25) is 0 Å². The second kappa shape index (κ2) is 24.7. The maximum Gasteiger partial charge on any atom is 0.498 e. The van der Waals surface area contributed by atoms with Gasteiger partial charge in [0.05, 0.1) is 67.7 Å². The lowest BCUT2D eigenvalue weighted by Crippen LogP contribution is -2.41. The van der Waals surface area contributed by atoms with E-state index in [9.17, 15) is 19.5 Å². The number of hydrogen-bond donors (Lipinski definition) is 1. The van der Waals surface area contributed by atoms with Crippen LogP contribution in [0.25, 0.3) is 11.1 Å². The third-order valence-electron chi connectivity index (χ3n) is 17.2. The van der Waals surface area contributed by atoms with E-state index in [1.807, 2.05) is 52.0 Å². The number of phenols is 1. The number of fused-ring (bicyclic) bond motifs is 3. The molecule has 3 aromatic carbocycles. The lowest BCUT2D eigenvalue weighted by molar-refractivity contribution is -0.117. The monoisotopic (exact) mass is 1310 g/mol. The van der Waals surface area contributed by atoms with Crippen LogP contribution in [-0.2, 0) is 43.0 Å². The van der Waals surface area contributed by atoms with Crippen molar-refractivity contribution in [1.29, 1.82) is 0 Å². The van der Waals surface area contributed by atoms with Crippen molar-refractivity contribution in [1.82, 2.24) is 19.6 Å². The third kappa shape index (κ3) is 13.8. The summed E-state index contributed by atoms with van der Waals surface area (Å²) in [6, 6.07) is 13.8. The first kappa shape index (κ1) is 60.4. The summed E-state index contributed by atoms with van der Waals surface area (Å²) in [5.41, 5.74) is 8.79. The molecule has 14 rings (SSSR count). The van der Waals surface area contributed by atoms with Gasteiger partial charge in [-0.3, -0.25) is 23.7 Å². The van der Waals surface area contributed by atoms with Crippen LogP contribution in [0.5, 0.6) is 17.2 Å². The van der Waals surface area contributed by atoms with Crippen molar-refractivity contribution >= 4 is 95.2 Å². The molecule has 1 saturated heterocycles. The van der Waals surface area contributed by atoms with E-state index < -0.39 is 0 Å². The Labute approximate surface area is 510 Å². The molecule has 5 saturated carbocycles. The van der Waals surface area contributed by atoms with Gasteiger partial charge < -0.3 is 38.6 Å². The van der Waals surface area contributed by atoms with Crippen molar-refractivity contribution in [3.8, 4) is 28.4 Å². The van der Waals surface area contributed by atoms with Gasteiger partial charge in [0.15, 0.2) is 0 Å². The molecule has 9 aliphatic rings. The van der Waals surface area contributed by atoms with E-state index in [-0.39, 0.29) is 59.9 Å². The number of carbonyl (C=O) groups is 3. The standard InChI is InChI=1S/C21H25N3O2.C15H18BrNO2.C12H19BN2O2.C12H14BrNO2.C3H5Br/c1-13-3-8-19-20(24(13)14(2)25)10-9-18(21(19)26-17-6-7-17)15-11-22-23(12-15)16-4-5-16;1-9-3-6-12-14(17(9)10(2)18)8-7-13(16)15(12)19-11-4-5-11;1-11(2)12(3,4)17-13(16-11)9-7-14-15(8-9)10-5-6-10;1-7-3-4-9-11(14(7)8(2)15)6-5-10(13)12(9)16;4-3-1-2-3/h9-13,16-17H,3-8H2,1-2H3;7-9,11H,3-6H2,1-2H3;7-8,10H,5-6H2,1-4H3;5-7,16H,3-4H2,1-2H3;3H,1-2H2/t13-;9-;;7-;/m00.0./s1. The van der Waals surface area contributed by atoms with Gasteiger partial charge >= 0.3 is 7.12 Å². The van der Waals surface area contributed by atoms with Gasteiger partial charge in [0, 0.05) is 95.6 Å². The molecule has 6 fully saturated rings. The highest BCUT2D eigenvalue weighted by molar-refractivity contribution is 9.11. The molecule has 3 atom stereocenters. The summed E-state index contributed by atoms with van der Waals surface area (Å²) in [5.74, 6) is 2.40. The largest absolute Gasteiger partial charge is 0.506 e. The molecule has 0 spiro atoms. The van der Waals surface area contributed by atoms with Gasteiger partial charge in [0.1, 0.15) is 17.2 Å². The molecule has 0 radical (unpaired) electrons. The van der Waals surface area contributed by atoms with Gasteiger partial charge in [-0.05, 0) is 219 Å². The van der Waals surface area contributed by atoms with E-state index >= 15 is 0 Å². The van der Waals surface area contributed by atoms with E-state index in [2.05, 4.69) is 129 Å². The number of ether oxygens (including phenoxy) is 2. The summed E-state index contributed by atoms with van der Waals surface area (Å²) in [4.78, 5) is 42.2. The molecule has 4 aliphatic heterocycles. The van der Waals surface area contributed by atoms with Gasteiger partial charge in [-0.15, -0.1) is 0 Å².